The van der Waals surface area contributed by atoms with Crippen molar-refractivity contribution in [3.63, 3.8) is 0 Å². The largest absolute Gasteiger partial charge is 0.479 e. The van der Waals surface area contributed by atoms with Gasteiger partial charge < -0.3 is 9.52 Å². The summed E-state index contributed by atoms with van der Waals surface area (Å²) in [7, 11) is 0. The Morgan fingerprint density at radius 2 is 1.88 bits per heavy atom. The molecule has 1 aromatic heterocycles. The molecule has 0 bridgehead atoms. The molecule has 0 spiro atoms. The van der Waals surface area contributed by atoms with E-state index in [2.05, 4.69) is 9.98 Å². The van der Waals surface area contributed by atoms with Crippen molar-refractivity contribution >= 4 is 35.2 Å². The maximum absolute atomic E-state index is 10.0. The van der Waals surface area contributed by atoms with Crippen molar-refractivity contribution < 1.29 is 9.52 Å². The number of benzene rings is 2. The Hall–Kier alpha value is -2.85. The van der Waals surface area contributed by atoms with Gasteiger partial charge in [0, 0.05) is 28.8 Å². The number of hydrogen-bond donors (Lipinski definition) is 1. The van der Waals surface area contributed by atoms with Crippen LogP contribution in [0.4, 0.5) is 5.69 Å². The second kappa shape index (κ2) is 5.98. The van der Waals surface area contributed by atoms with Gasteiger partial charge in [0.1, 0.15) is 5.69 Å². The van der Waals surface area contributed by atoms with Gasteiger partial charge in [-0.25, -0.2) is 4.98 Å². The van der Waals surface area contributed by atoms with E-state index in [1.54, 1.807) is 12.3 Å². The van der Waals surface area contributed by atoms with Crippen molar-refractivity contribution in [3.05, 3.63) is 76.3 Å². The fourth-order valence-electron chi connectivity index (χ4n) is 2.62. The number of allylic oxidation sites excluding steroid dienone is 1. The van der Waals surface area contributed by atoms with E-state index in [9.17, 15) is 5.11 Å². The number of hydrogen-bond acceptors (Lipinski definition) is 4. The Bertz CT molecular complexity index is 956. The molecule has 5 heteroatoms. The minimum atomic E-state index is -0.191. The summed E-state index contributed by atoms with van der Waals surface area (Å²) >= 11 is 5.88. The van der Waals surface area contributed by atoms with Crippen molar-refractivity contribution in [1.29, 1.82) is 0 Å². The van der Waals surface area contributed by atoms with Crippen LogP contribution in [0.3, 0.4) is 0 Å². The van der Waals surface area contributed by atoms with Crippen molar-refractivity contribution in [2.75, 3.05) is 0 Å². The number of aliphatic imine (C=N–C) groups is 1. The first kappa shape index (κ1) is 14.7. The van der Waals surface area contributed by atoms with Gasteiger partial charge in [-0.3, -0.25) is 4.99 Å². The summed E-state index contributed by atoms with van der Waals surface area (Å²) in [4.78, 5) is 8.72. The molecule has 2 heterocycles. The number of halogens is 1. The summed E-state index contributed by atoms with van der Waals surface area (Å²) in [6.45, 7) is 0. The summed E-state index contributed by atoms with van der Waals surface area (Å²) in [6, 6.07) is 15.3. The predicted octanol–water partition coefficient (Wildman–Crippen LogP) is 4.88. The Kier molecular flexibility index (Phi) is 3.67. The molecule has 1 N–H and O–H groups in total. The van der Waals surface area contributed by atoms with Crippen LogP contribution in [-0.4, -0.2) is 16.3 Å². The quantitative estimate of drug-likeness (QED) is 0.741. The van der Waals surface area contributed by atoms with E-state index in [4.69, 9.17) is 16.0 Å². The molecule has 4 nitrogen and oxygen atoms in total. The molecular weight excluding hydrogens is 324 g/mol. The molecule has 0 unspecified atom stereocenters. The molecule has 3 aromatic rings. The Labute approximate surface area is 143 Å². The molecule has 118 valence electrons. The van der Waals surface area contributed by atoms with Crippen LogP contribution < -0.4 is 0 Å². The predicted molar refractivity (Wildman–Crippen MR) is 94.9 cm³/mol. The summed E-state index contributed by atoms with van der Waals surface area (Å²) < 4.78 is 5.37. The van der Waals surface area contributed by atoms with Gasteiger partial charge in [-0.1, -0.05) is 41.9 Å². The number of rotatable bonds is 3. The topological polar surface area (TPSA) is 58.6 Å². The third-order valence-electron chi connectivity index (χ3n) is 3.80. The van der Waals surface area contributed by atoms with E-state index in [0.29, 0.717) is 23.0 Å². The van der Waals surface area contributed by atoms with Gasteiger partial charge in [0.05, 0.1) is 5.69 Å². The van der Waals surface area contributed by atoms with Crippen LogP contribution in [0.1, 0.15) is 22.7 Å². The van der Waals surface area contributed by atoms with E-state index < -0.39 is 0 Å². The zero-order valence-electron chi connectivity index (χ0n) is 12.6. The van der Waals surface area contributed by atoms with Gasteiger partial charge in [-0.2, -0.15) is 0 Å². The molecule has 0 saturated heterocycles. The normalized spacial score (nSPS) is 14.3. The third kappa shape index (κ3) is 2.84. The monoisotopic (exact) mass is 336 g/mol. The summed E-state index contributed by atoms with van der Waals surface area (Å²) in [5, 5.41) is 10.7. The molecule has 0 atom stereocenters. The average molecular weight is 337 g/mol. The first-order valence-corrected chi connectivity index (χ1v) is 7.85. The summed E-state index contributed by atoms with van der Waals surface area (Å²) in [6.07, 6.45) is 4.02. The zero-order valence-corrected chi connectivity index (χ0v) is 13.4. The smallest absolute Gasteiger partial charge is 0.310 e. The molecule has 1 aliphatic rings. The lowest BCUT2D eigenvalue weighted by atomic mass is 10.1. The molecular formula is C19H13ClN2O2. The highest BCUT2D eigenvalue weighted by atomic mass is 35.5. The number of aromatic hydroxyl groups is 1. The highest BCUT2D eigenvalue weighted by molar-refractivity contribution is 6.30. The molecule has 0 saturated carbocycles. The first-order chi connectivity index (χ1) is 11.7. The lowest BCUT2D eigenvalue weighted by Crippen LogP contribution is -1.88. The fourth-order valence-corrected chi connectivity index (χ4v) is 2.74. The van der Waals surface area contributed by atoms with Crippen molar-refractivity contribution in [3.8, 4) is 5.95 Å². The first-order valence-electron chi connectivity index (χ1n) is 7.47. The van der Waals surface area contributed by atoms with Gasteiger partial charge in [0.25, 0.3) is 0 Å². The van der Waals surface area contributed by atoms with Crippen molar-refractivity contribution in [1.82, 2.24) is 4.98 Å². The molecule has 0 amide bonds. The van der Waals surface area contributed by atoms with E-state index in [1.165, 1.54) is 0 Å². The van der Waals surface area contributed by atoms with Crippen LogP contribution in [0.25, 0.3) is 11.6 Å². The van der Waals surface area contributed by atoms with Gasteiger partial charge in [0.15, 0.2) is 0 Å². The van der Waals surface area contributed by atoms with Gasteiger partial charge in [-0.15, -0.1) is 0 Å². The standard InChI is InChI=1S/C19H13ClN2O2/c20-14-7-5-12(6-8-14)9-18-22-17(19(23)24-18)10-13-11-21-16-4-2-1-3-15(13)16/h1-8,10-11,23H,9H2/b13-10+. The maximum atomic E-state index is 10.0. The minimum Gasteiger partial charge on any atom is -0.479 e. The second-order valence-corrected chi connectivity index (χ2v) is 5.91. The SMILES string of the molecule is Oc1oc(Cc2ccc(Cl)cc2)nc1/C=C1\C=Nc2ccccc21. The minimum absolute atomic E-state index is 0.191. The van der Waals surface area contributed by atoms with Crippen LogP contribution in [-0.2, 0) is 6.42 Å². The molecule has 1 aliphatic heterocycles. The van der Waals surface area contributed by atoms with Crippen molar-refractivity contribution in [2.45, 2.75) is 6.42 Å². The molecule has 0 aliphatic carbocycles. The lowest BCUT2D eigenvalue weighted by Gasteiger charge is -1.97. The Morgan fingerprint density at radius 1 is 1.08 bits per heavy atom. The van der Waals surface area contributed by atoms with Crippen LogP contribution in [0.2, 0.25) is 5.02 Å². The number of aromatic nitrogens is 1. The van der Waals surface area contributed by atoms with E-state index >= 15 is 0 Å². The zero-order chi connectivity index (χ0) is 16.5. The molecule has 0 fully saturated rings. The third-order valence-corrected chi connectivity index (χ3v) is 4.05. The maximum Gasteiger partial charge on any atom is 0.310 e. The number of fused-ring (bicyclic) bond motifs is 1. The van der Waals surface area contributed by atoms with Crippen LogP contribution in [0.5, 0.6) is 5.95 Å². The van der Waals surface area contributed by atoms with E-state index in [1.807, 2.05) is 48.5 Å². The van der Waals surface area contributed by atoms with E-state index in [-0.39, 0.29) is 5.95 Å². The summed E-state index contributed by atoms with van der Waals surface area (Å²) in [5.74, 6) is 0.258. The number of nitrogens with zero attached hydrogens (tertiary/aromatic N) is 2. The van der Waals surface area contributed by atoms with Gasteiger partial charge in [0.2, 0.25) is 5.89 Å². The van der Waals surface area contributed by atoms with Crippen LogP contribution >= 0.6 is 11.6 Å². The molecule has 24 heavy (non-hydrogen) atoms. The Morgan fingerprint density at radius 3 is 2.71 bits per heavy atom. The van der Waals surface area contributed by atoms with Gasteiger partial charge in [-0.05, 0) is 29.8 Å². The van der Waals surface area contributed by atoms with Crippen LogP contribution in [0.15, 0.2) is 57.9 Å². The number of oxazole rings is 1. The average Bonchev–Trinajstić information content (AvgIpc) is 3.14. The highest BCUT2D eigenvalue weighted by Gasteiger charge is 2.15. The highest BCUT2D eigenvalue weighted by Crippen LogP contribution is 2.33. The molecule has 0 radical (unpaired) electrons. The lowest BCUT2D eigenvalue weighted by molar-refractivity contribution is 0.319. The molecule has 4 rings (SSSR count). The Balaban J connectivity index is 1.62. The summed E-state index contributed by atoms with van der Waals surface area (Å²) in [5.41, 5.74) is 4.23. The molecule has 2 aromatic carbocycles. The fraction of sp³-hybridized carbons (Fsp3) is 0.0526. The van der Waals surface area contributed by atoms with Gasteiger partial charge >= 0.3 is 5.95 Å². The van der Waals surface area contributed by atoms with Crippen molar-refractivity contribution in [2.24, 2.45) is 4.99 Å². The van der Waals surface area contributed by atoms with Crippen LogP contribution in [0, 0.1) is 0 Å². The number of para-hydroxylation sites is 1. The van der Waals surface area contributed by atoms with E-state index in [0.717, 1.165) is 22.4 Å². The second-order valence-electron chi connectivity index (χ2n) is 5.48.